The van der Waals surface area contributed by atoms with Gasteiger partial charge in [0, 0.05) is 44.0 Å². The third-order valence-electron chi connectivity index (χ3n) is 5.09. The molecule has 1 N–H and O–H groups in total. The van der Waals surface area contributed by atoms with Crippen molar-refractivity contribution in [2.24, 2.45) is 0 Å². The maximum Gasteiger partial charge on any atom is 0.322 e. The minimum atomic E-state index is -0.0000643. The molecular formula is C19H29N3O3. The monoisotopic (exact) mass is 347 g/mol. The third kappa shape index (κ3) is 5.09. The molecule has 2 aliphatic rings. The van der Waals surface area contributed by atoms with Crippen molar-refractivity contribution < 1.29 is 14.3 Å². The van der Waals surface area contributed by atoms with Crippen LogP contribution in [0.25, 0.3) is 0 Å². The smallest absolute Gasteiger partial charge is 0.322 e. The zero-order valence-electron chi connectivity index (χ0n) is 15.1. The van der Waals surface area contributed by atoms with Gasteiger partial charge in [-0.2, -0.15) is 0 Å². The highest BCUT2D eigenvalue weighted by Gasteiger charge is 2.27. The van der Waals surface area contributed by atoms with Crippen LogP contribution in [0.1, 0.15) is 25.7 Å². The number of hydrogen-bond donors (Lipinski definition) is 1. The average molecular weight is 347 g/mol. The summed E-state index contributed by atoms with van der Waals surface area (Å²) in [5, 5.41) is 3.03. The second-order valence-corrected chi connectivity index (χ2v) is 6.75. The van der Waals surface area contributed by atoms with Gasteiger partial charge in [-0.1, -0.05) is 6.07 Å². The minimum absolute atomic E-state index is 0.0000643. The molecule has 0 unspecified atom stereocenters. The van der Waals surface area contributed by atoms with Crippen molar-refractivity contribution in [3.8, 4) is 5.75 Å². The standard InChI is InChI=1S/C19H29N3O3/c1-24-18-7-4-5-16(15-18)20-19(23)22-9-3-2-6-17(22)8-10-21-11-13-25-14-12-21/h4-5,7,15,17H,2-3,6,8-14H2,1H3,(H,20,23)/t17-/m1/s1. The molecule has 0 saturated carbocycles. The van der Waals surface area contributed by atoms with Crippen LogP contribution in [0.3, 0.4) is 0 Å². The van der Waals surface area contributed by atoms with Gasteiger partial charge in [0.25, 0.3) is 0 Å². The van der Waals surface area contributed by atoms with E-state index in [1.165, 1.54) is 6.42 Å². The predicted octanol–water partition coefficient (Wildman–Crippen LogP) is 2.80. The Hall–Kier alpha value is -1.79. The van der Waals surface area contributed by atoms with Crippen molar-refractivity contribution in [1.29, 1.82) is 0 Å². The number of carbonyl (C=O) groups is 1. The second-order valence-electron chi connectivity index (χ2n) is 6.75. The molecule has 6 nitrogen and oxygen atoms in total. The quantitative estimate of drug-likeness (QED) is 0.890. The Kier molecular flexibility index (Phi) is 6.53. The Morgan fingerprint density at radius 3 is 2.92 bits per heavy atom. The molecule has 25 heavy (non-hydrogen) atoms. The molecule has 0 bridgehead atoms. The minimum Gasteiger partial charge on any atom is -0.497 e. The summed E-state index contributed by atoms with van der Waals surface area (Å²) < 4.78 is 10.6. The lowest BCUT2D eigenvalue weighted by Crippen LogP contribution is -2.48. The number of morpholine rings is 1. The van der Waals surface area contributed by atoms with E-state index in [1.54, 1.807) is 7.11 Å². The summed E-state index contributed by atoms with van der Waals surface area (Å²) in [6.07, 6.45) is 4.41. The van der Waals surface area contributed by atoms with Crippen LogP contribution < -0.4 is 10.1 Å². The van der Waals surface area contributed by atoms with Gasteiger partial charge in [-0.05, 0) is 37.8 Å². The summed E-state index contributed by atoms with van der Waals surface area (Å²) in [5.74, 6) is 0.750. The summed E-state index contributed by atoms with van der Waals surface area (Å²) in [7, 11) is 1.63. The van der Waals surface area contributed by atoms with E-state index in [-0.39, 0.29) is 6.03 Å². The number of nitrogens with one attached hydrogen (secondary N) is 1. The van der Waals surface area contributed by atoms with Crippen LogP contribution in [-0.4, -0.2) is 68.4 Å². The molecule has 3 rings (SSSR count). The van der Waals surface area contributed by atoms with Crippen molar-refractivity contribution in [2.75, 3.05) is 51.8 Å². The Balaban J connectivity index is 1.56. The Labute approximate surface area is 150 Å². The van der Waals surface area contributed by atoms with Gasteiger partial charge in [0.15, 0.2) is 0 Å². The first-order valence-corrected chi connectivity index (χ1v) is 9.28. The number of methoxy groups -OCH3 is 1. The number of carbonyl (C=O) groups excluding carboxylic acids is 1. The Bertz CT molecular complexity index is 561. The zero-order valence-corrected chi connectivity index (χ0v) is 15.1. The highest BCUT2D eigenvalue weighted by atomic mass is 16.5. The SMILES string of the molecule is COc1cccc(NC(=O)N2CCCC[C@@H]2CCN2CCOCC2)c1. The number of hydrogen-bond acceptors (Lipinski definition) is 4. The fourth-order valence-corrected chi connectivity index (χ4v) is 3.62. The molecule has 2 aliphatic heterocycles. The number of nitrogens with zero attached hydrogens (tertiary/aromatic N) is 2. The highest BCUT2D eigenvalue weighted by Crippen LogP contribution is 2.23. The van der Waals surface area contributed by atoms with Gasteiger partial charge in [0.1, 0.15) is 5.75 Å². The first kappa shape index (κ1) is 18.0. The Morgan fingerprint density at radius 2 is 2.12 bits per heavy atom. The van der Waals surface area contributed by atoms with Gasteiger partial charge in [0.2, 0.25) is 0 Å². The van der Waals surface area contributed by atoms with Crippen LogP contribution >= 0.6 is 0 Å². The Morgan fingerprint density at radius 1 is 1.28 bits per heavy atom. The first-order chi connectivity index (χ1) is 12.3. The van der Waals surface area contributed by atoms with E-state index < -0.39 is 0 Å². The number of amides is 2. The molecule has 0 spiro atoms. The van der Waals surface area contributed by atoms with Crippen LogP contribution in [0, 0.1) is 0 Å². The molecule has 1 atom stereocenters. The lowest BCUT2D eigenvalue weighted by Gasteiger charge is -2.37. The second kappa shape index (κ2) is 9.06. The van der Waals surface area contributed by atoms with Gasteiger partial charge in [-0.25, -0.2) is 4.79 Å². The number of rotatable bonds is 5. The fourth-order valence-electron chi connectivity index (χ4n) is 3.62. The normalized spacial score (nSPS) is 21.8. The number of ether oxygens (including phenoxy) is 2. The van der Waals surface area contributed by atoms with E-state index in [2.05, 4.69) is 10.2 Å². The maximum atomic E-state index is 12.8. The fraction of sp³-hybridized carbons (Fsp3) is 0.632. The maximum absolute atomic E-state index is 12.8. The van der Waals surface area contributed by atoms with Crippen LogP contribution in [-0.2, 0) is 4.74 Å². The van der Waals surface area contributed by atoms with Crippen molar-refractivity contribution in [3.05, 3.63) is 24.3 Å². The zero-order chi connectivity index (χ0) is 17.5. The van der Waals surface area contributed by atoms with E-state index in [0.717, 1.165) is 70.1 Å². The molecular weight excluding hydrogens is 318 g/mol. The lowest BCUT2D eigenvalue weighted by molar-refractivity contribution is 0.0329. The molecule has 0 aromatic heterocycles. The van der Waals surface area contributed by atoms with Gasteiger partial charge in [-0.3, -0.25) is 4.90 Å². The molecule has 138 valence electrons. The van der Waals surface area contributed by atoms with Crippen LogP contribution in [0.4, 0.5) is 10.5 Å². The summed E-state index contributed by atoms with van der Waals surface area (Å²) in [5.41, 5.74) is 0.779. The molecule has 0 aliphatic carbocycles. The molecule has 2 heterocycles. The van der Waals surface area contributed by atoms with Crippen LogP contribution in [0.15, 0.2) is 24.3 Å². The van der Waals surface area contributed by atoms with E-state index in [4.69, 9.17) is 9.47 Å². The van der Waals surface area contributed by atoms with Gasteiger partial charge >= 0.3 is 6.03 Å². The predicted molar refractivity (Wildman–Crippen MR) is 98.2 cm³/mol. The largest absolute Gasteiger partial charge is 0.497 e. The highest BCUT2D eigenvalue weighted by molar-refractivity contribution is 5.89. The number of urea groups is 1. The number of likely N-dealkylation sites (tertiary alicyclic amines) is 1. The van der Waals surface area contributed by atoms with Crippen molar-refractivity contribution >= 4 is 11.7 Å². The van der Waals surface area contributed by atoms with Crippen molar-refractivity contribution in [2.45, 2.75) is 31.7 Å². The lowest BCUT2D eigenvalue weighted by atomic mass is 9.99. The summed E-state index contributed by atoms with van der Waals surface area (Å²) in [4.78, 5) is 17.2. The molecule has 1 aromatic rings. The first-order valence-electron chi connectivity index (χ1n) is 9.28. The molecule has 1 aromatic carbocycles. The van der Waals surface area contributed by atoms with Crippen molar-refractivity contribution in [1.82, 2.24) is 9.80 Å². The van der Waals surface area contributed by atoms with E-state index in [0.29, 0.717) is 6.04 Å². The molecule has 2 fully saturated rings. The van der Waals surface area contributed by atoms with Gasteiger partial charge in [-0.15, -0.1) is 0 Å². The summed E-state index contributed by atoms with van der Waals surface area (Å²) >= 11 is 0. The van der Waals surface area contributed by atoms with E-state index >= 15 is 0 Å². The summed E-state index contributed by atoms with van der Waals surface area (Å²) in [6.45, 7) is 5.53. The summed E-state index contributed by atoms with van der Waals surface area (Å²) in [6, 6.07) is 7.84. The number of anilines is 1. The van der Waals surface area contributed by atoms with E-state index in [1.807, 2.05) is 29.2 Å². The topological polar surface area (TPSA) is 54.0 Å². The number of piperidine rings is 1. The van der Waals surface area contributed by atoms with Crippen LogP contribution in [0.5, 0.6) is 5.75 Å². The van der Waals surface area contributed by atoms with Gasteiger partial charge in [0.05, 0.1) is 20.3 Å². The van der Waals surface area contributed by atoms with E-state index in [9.17, 15) is 4.79 Å². The molecule has 2 saturated heterocycles. The van der Waals surface area contributed by atoms with Gasteiger partial charge < -0.3 is 19.7 Å². The number of benzene rings is 1. The molecule has 0 radical (unpaired) electrons. The van der Waals surface area contributed by atoms with Crippen molar-refractivity contribution in [3.63, 3.8) is 0 Å². The molecule has 2 amide bonds. The van der Waals surface area contributed by atoms with Crippen LogP contribution in [0.2, 0.25) is 0 Å². The third-order valence-corrected chi connectivity index (χ3v) is 5.09. The molecule has 6 heteroatoms. The average Bonchev–Trinajstić information content (AvgIpc) is 2.67.